The van der Waals surface area contributed by atoms with E-state index in [2.05, 4.69) is 40.5 Å². The number of hydrogen-bond donors (Lipinski definition) is 2. The van der Waals surface area contributed by atoms with E-state index in [4.69, 9.17) is 5.73 Å². The van der Waals surface area contributed by atoms with Gasteiger partial charge in [-0.25, -0.2) is 0 Å². The van der Waals surface area contributed by atoms with Crippen molar-refractivity contribution >= 4 is 23.2 Å². The molecule has 4 nitrogen and oxygen atoms in total. The van der Waals surface area contributed by atoms with E-state index in [-0.39, 0.29) is 0 Å². The number of anilines is 2. The van der Waals surface area contributed by atoms with Gasteiger partial charge in [0.15, 0.2) is 0 Å². The van der Waals surface area contributed by atoms with Gasteiger partial charge in [0.25, 0.3) is 0 Å². The lowest BCUT2D eigenvalue weighted by Gasteiger charge is -2.29. The molecule has 1 aliphatic heterocycles. The van der Waals surface area contributed by atoms with Crippen molar-refractivity contribution < 1.29 is 0 Å². The molecule has 0 amide bonds. The largest absolute Gasteiger partial charge is 0.404 e. The number of rotatable bonds is 2. The lowest BCUT2D eigenvalue weighted by molar-refractivity contribution is 0.886. The predicted octanol–water partition coefficient (Wildman–Crippen LogP) is 1.55. The zero-order chi connectivity index (χ0) is 12.3. The molecule has 4 heteroatoms. The van der Waals surface area contributed by atoms with E-state index < -0.39 is 0 Å². The Morgan fingerprint density at radius 2 is 2.35 bits per heavy atom. The van der Waals surface area contributed by atoms with Crippen molar-refractivity contribution in [3.8, 4) is 0 Å². The number of hydrogen-bond acceptors (Lipinski definition) is 4. The van der Waals surface area contributed by atoms with Crippen molar-refractivity contribution in [2.75, 3.05) is 37.4 Å². The third kappa shape index (κ3) is 2.25. The van der Waals surface area contributed by atoms with Crippen LogP contribution < -0.4 is 16.0 Å². The van der Waals surface area contributed by atoms with Gasteiger partial charge in [0, 0.05) is 45.2 Å². The van der Waals surface area contributed by atoms with Gasteiger partial charge in [0.2, 0.25) is 0 Å². The summed E-state index contributed by atoms with van der Waals surface area (Å²) < 4.78 is 0. The van der Waals surface area contributed by atoms with Crippen LogP contribution in [0, 0.1) is 0 Å². The van der Waals surface area contributed by atoms with Gasteiger partial charge in [0.1, 0.15) is 0 Å². The van der Waals surface area contributed by atoms with Crippen LogP contribution in [0.5, 0.6) is 0 Å². The Bertz CT molecular complexity index is 462. The first-order chi connectivity index (χ1) is 8.26. The topological polar surface area (TPSA) is 53.6 Å². The number of likely N-dealkylation sites (N-methyl/N-ethyl adjacent to an activating group) is 1. The molecule has 2 rings (SSSR count). The molecule has 0 radical (unpaired) electrons. The van der Waals surface area contributed by atoms with Gasteiger partial charge in [0.05, 0.1) is 11.4 Å². The number of fused-ring (bicyclic) bond motifs is 1. The van der Waals surface area contributed by atoms with Gasteiger partial charge in [-0.2, -0.15) is 0 Å². The number of aliphatic imine (C=N–C) groups is 1. The fourth-order valence-electron chi connectivity index (χ4n) is 2.01. The highest BCUT2D eigenvalue weighted by Gasteiger charge is 2.13. The molecule has 1 aliphatic rings. The van der Waals surface area contributed by atoms with Crippen LogP contribution in [0.4, 0.5) is 11.4 Å². The minimum Gasteiger partial charge on any atom is -0.404 e. The summed E-state index contributed by atoms with van der Waals surface area (Å²) in [5, 5.41) is 3.38. The molecular formula is C13H18N4. The lowest BCUT2D eigenvalue weighted by Crippen LogP contribution is -2.30. The molecule has 0 saturated carbocycles. The number of allylic oxidation sites excluding steroid dienone is 1. The summed E-state index contributed by atoms with van der Waals surface area (Å²) in [6, 6.07) is 6.29. The summed E-state index contributed by atoms with van der Waals surface area (Å²) in [6.45, 7) is 2.00. The highest BCUT2D eigenvalue weighted by molar-refractivity contribution is 6.10. The van der Waals surface area contributed by atoms with E-state index in [1.54, 1.807) is 19.5 Å². The Labute approximate surface area is 102 Å². The second-order valence-electron chi connectivity index (χ2n) is 4.09. The van der Waals surface area contributed by atoms with Gasteiger partial charge in [-0.15, -0.1) is 0 Å². The second kappa shape index (κ2) is 4.91. The van der Waals surface area contributed by atoms with Gasteiger partial charge in [-0.3, -0.25) is 4.99 Å². The zero-order valence-corrected chi connectivity index (χ0v) is 10.3. The van der Waals surface area contributed by atoms with Gasteiger partial charge >= 0.3 is 0 Å². The first-order valence-electron chi connectivity index (χ1n) is 5.69. The second-order valence-corrected chi connectivity index (χ2v) is 4.09. The minimum absolute atomic E-state index is 0.939. The Hall–Kier alpha value is -1.97. The molecule has 17 heavy (non-hydrogen) atoms. The van der Waals surface area contributed by atoms with Crippen LogP contribution in [0.3, 0.4) is 0 Å². The summed E-state index contributed by atoms with van der Waals surface area (Å²) in [7, 11) is 3.85. The molecule has 90 valence electrons. The van der Waals surface area contributed by atoms with Crippen molar-refractivity contribution in [3.63, 3.8) is 0 Å². The lowest BCUT2D eigenvalue weighted by atomic mass is 10.0. The third-order valence-electron chi connectivity index (χ3n) is 2.95. The highest BCUT2D eigenvalue weighted by atomic mass is 15.2. The molecule has 0 bridgehead atoms. The summed E-state index contributed by atoms with van der Waals surface area (Å²) in [5.74, 6) is 0. The van der Waals surface area contributed by atoms with E-state index in [9.17, 15) is 0 Å². The van der Waals surface area contributed by atoms with Crippen molar-refractivity contribution in [2.24, 2.45) is 10.7 Å². The average molecular weight is 230 g/mol. The van der Waals surface area contributed by atoms with Crippen molar-refractivity contribution in [1.82, 2.24) is 0 Å². The summed E-state index contributed by atoms with van der Waals surface area (Å²) in [4.78, 5) is 6.25. The molecule has 0 spiro atoms. The normalized spacial score (nSPS) is 15.9. The summed E-state index contributed by atoms with van der Waals surface area (Å²) in [5.41, 5.74) is 10.0. The molecular weight excluding hydrogens is 212 g/mol. The molecule has 0 saturated heterocycles. The Morgan fingerprint density at radius 1 is 1.53 bits per heavy atom. The molecule has 0 aliphatic carbocycles. The number of benzene rings is 1. The molecule has 1 aromatic carbocycles. The Balaban J connectivity index is 2.41. The SMILES string of the molecule is CN=CC(=CN)c1ccc2c(c1)N(C)CCN2. The molecule has 0 aromatic heterocycles. The molecule has 0 unspecified atom stereocenters. The van der Waals surface area contributed by atoms with E-state index >= 15 is 0 Å². The fraction of sp³-hybridized carbons (Fsp3) is 0.308. The van der Waals surface area contributed by atoms with Crippen LogP contribution in [0.1, 0.15) is 5.56 Å². The minimum atomic E-state index is 0.939. The van der Waals surface area contributed by atoms with Crippen molar-refractivity contribution in [2.45, 2.75) is 0 Å². The number of nitrogens with zero attached hydrogens (tertiary/aromatic N) is 2. The van der Waals surface area contributed by atoms with Gasteiger partial charge in [-0.05, 0) is 17.7 Å². The monoisotopic (exact) mass is 230 g/mol. The van der Waals surface area contributed by atoms with Gasteiger partial charge in [-0.1, -0.05) is 6.07 Å². The maximum absolute atomic E-state index is 5.62. The van der Waals surface area contributed by atoms with Crippen LogP contribution in [0.2, 0.25) is 0 Å². The fourth-order valence-corrected chi connectivity index (χ4v) is 2.01. The third-order valence-corrected chi connectivity index (χ3v) is 2.95. The predicted molar refractivity (Wildman–Crippen MR) is 74.8 cm³/mol. The smallest absolute Gasteiger partial charge is 0.0606 e. The highest BCUT2D eigenvalue weighted by Crippen LogP contribution is 2.30. The van der Waals surface area contributed by atoms with Crippen LogP contribution in [0.15, 0.2) is 29.4 Å². The van der Waals surface area contributed by atoms with Crippen LogP contribution in [0.25, 0.3) is 5.57 Å². The molecule has 0 fully saturated rings. The average Bonchev–Trinajstić information content (AvgIpc) is 2.36. The Morgan fingerprint density at radius 3 is 3.06 bits per heavy atom. The maximum atomic E-state index is 5.62. The van der Waals surface area contributed by atoms with E-state index in [1.165, 1.54) is 11.4 Å². The van der Waals surface area contributed by atoms with E-state index in [0.717, 1.165) is 24.2 Å². The molecule has 3 N–H and O–H groups in total. The summed E-state index contributed by atoms with van der Waals surface area (Å²) >= 11 is 0. The first-order valence-corrected chi connectivity index (χ1v) is 5.69. The Kier molecular flexibility index (Phi) is 3.32. The molecule has 1 heterocycles. The zero-order valence-electron chi connectivity index (χ0n) is 10.3. The van der Waals surface area contributed by atoms with Crippen molar-refractivity contribution in [3.05, 3.63) is 30.0 Å². The molecule has 0 atom stereocenters. The molecule has 1 aromatic rings. The van der Waals surface area contributed by atoms with E-state index in [1.807, 2.05) is 0 Å². The van der Waals surface area contributed by atoms with Gasteiger partial charge < -0.3 is 16.0 Å². The maximum Gasteiger partial charge on any atom is 0.0606 e. The standard InChI is InChI=1S/C13H18N4/c1-15-9-11(8-14)10-3-4-12-13(7-10)17(2)6-5-16-12/h3-4,7-9,16H,5-6,14H2,1-2H3. The number of nitrogens with two attached hydrogens (primary N) is 1. The van der Waals surface area contributed by atoms with Crippen LogP contribution in [-0.2, 0) is 0 Å². The van der Waals surface area contributed by atoms with Crippen molar-refractivity contribution in [1.29, 1.82) is 0 Å². The summed E-state index contributed by atoms with van der Waals surface area (Å²) in [6.07, 6.45) is 3.36. The van der Waals surface area contributed by atoms with Crippen LogP contribution >= 0.6 is 0 Å². The quantitative estimate of drug-likeness (QED) is 0.758. The van der Waals surface area contributed by atoms with Crippen LogP contribution in [-0.4, -0.2) is 33.4 Å². The van der Waals surface area contributed by atoms with E-state index in [0.29, 0.717) is 0 Å². The number of nitrogens with one attached hydrogen (secondary N) is 1. The first kappa shape index (κ1) is 11.5.